The van der Waals surface area contributed by atoms with Crippen LogP contribution in [0.25, 0.3) is 0 Å². The van der Waals surface area contributed by atoms with Gasteiger partial charge in [-0.1, -0.05) is 0 Å². The molecule has 1 aliphatic heterocycles. The SMILES string of the molecule is COC(=O)CC1C[C@H]1CC1CCNCC1. The minimum absolute atomic E-state index is 0.0344. The van der Waals surface area contributed by atoms with E-state index in [1.165, 1.54) is 45.9 Å². The average Bonchev–Trinajstić information content (AvgIpc) is 2.97. The van der Waals surface area contributed by atoms with Crippen molar-refractivity contribution >= 4 is 5.97 Å². The highest BCUT2D eigenvalue weighted by atomic mass is 16.5. The Hall–Kier alpha value is -0.570. The third-order valence-electron chi connectivity index (χ3n) is 3.82. The van der Waals surface area contributed by atoms with Crippen molar-refractivity contribution in [3.8, 4) is 0 Å². The fraction of sp³-hybridized carbons (Fsp3) is 0.917. The van der Waals surface area contributed by atoms with Gasteiger partial charge in [-0.3, -0.25) is 4.79 Å². The van der Waals surface area contributed by atoms with Crippen LogP contribution in [0.5, 0.6) is 0 Å². The summed E-state index contributed by atoms with van der Waals surface area (Å²) in [6, 6.07) is 0. The van der Waals surface area contributed by atoms with Gasteiger partial charge >= 0.3 is 5.97 Å². The van der Waals surface area contributed by atoms with E-state index in [9.17, 15) is 4.79 Å². The van der Waals surface area contributed by atoms with Gasteiger partial charge in [0.25, 0.3) is 0 Å². The van der Waals surface area contributed by atoms with Crippen molar-refractivity contribution in [3.63, 3.8) is 0 Å². The van der Waals surface area contributed by atoms with Crippen LogP contribution >= 0.6 is 0 Å². The van der Waals surface area contributed by atoms with Crippen LogP contribution in [0.3, 0.4) is 0 Å². The maximum absolute atomic E-state index is 11.1. The summed E-state index contributed by atoms with van der Waals surface area (Å²) in [6.45, 7) is 2.36. The highest BCUT2D eigenvalue weighted by Crippen LogP contribution is 2.46. The summed E-state index contributed by atoms with van der Waals surface area (Å²) in [5.41, 5.74) is 0. The molecule has 2 rings (SSSR count). The van der Waals surface area contributed by atoms with E-state index in [0.717, 1.165) is 11.8 Å². The molecule has 86 valence electrons. The number of ether oxygens (including phenoxy) is 1. The number of rotatable bonds is 4. The molecule has 0 spiro atoms. The zero-order valence-corrected chi connectivity index (χ0v) is 9.50. The first-order valence-corrected chi connectivity index (χ1v) is 6.07. The molecule has 2 fully saturated rings. The molecule has 1 saturated carbocycles. The van der Waals surface area contributed by atoms with Crippen molar-refractivity contribution in [1.29, 1.82) is 0 Å². The average molecular weight is 211 g/mol. The summed E-state index contributed by atoms with van der Waals surface area (Å²) in [5.74, 6) is 2.31. The molecule has 1 unspecified atom stereocenters. The Morgan fingerprint density at radius 3 is 2.73 bits per heavy atom. The first-order chi connectivity index (χ1) is 7.29. The molecule has 3 nitrogen and oxygen atoms in total. The van der Waals surface area contributed by atoms with Gasteiger partial charge in [-0.2, -0.15) is 0 Å². The third kappa shape index (κ3) is 3.20. The number of carbonyl (C=O) groups is 1. The second-order valence-electron chi connectivity index (χ2n) is 4.97. The van der Waals surface area contributed by atoms with E-state index >= 15 is 0 Å². The van der Waals surface area contributed by atoms with E-state index in [4.69, 9.17) is 4.74 Å². The van der Waals surface area contributed by atoms with Gasteiger partial charge in [0, 0.05) is 6.42 Å². The number of hydrogen-bond acceptors (Lipinski definition) is 3. The van der Waals surface area contributed by atoms with Crippen LogP contribution in [0.1, 0.15) is 32.1 Å². The van der Waals surface area contributed by atoms with E-state index in [2.05, 4.69) is 5.32 Å². The highest BCUT2D eigenvalue weighted by molar-refractivity contribution is 5.69. The molecule has 0 aromatic rings. The minimum Gasteiger partial charge on any atom is -0.469 e. The Labute approximate surface area is 91.6 Å². The second-order valence-corrected chi connectivity index (χ2v) is 4.97. The zero-order valence-electron chi connectivity index (χ0n) is 9.50. The summed E-state index contributed by atoms with van der Waals surface area (Å²) in [4.78, 5) is 11.1. The van der Waals surface area contributed by atoms with Crippen LogP contribution in [0.15, 0.2) is 0 Å². The van der Waals surface area contributed by atoms with E-state index < -0.39 is 0 Å². The highest BCUT2D eigenvalue weighted by Gasteiger charge is 2.39. The Morgan fingerprint density at radius 1 is 1.33 bits per heavy atom. The van der Waals surface area contributed by atoms with Crippen molar-refractivity contribution in [2.75, 3.05) is 20.2 Å². The van der Waals surface area contributed by atoms with Gasteiger partial charge < -0.3 is 10.1 Å². The number of carbonyl (C=O) groups excluding carboxylic acids is 1. The first kappa shape index (κ1) is 10.9. The maximum Gasteiger partial charge on any atom is 0.305 e. The van der Waals surface area contributed by atoms with Crippen molar-refractivity contribution in [3.05, 3.63) is 0 Å². The van der Waals surface area contributed by atoms with E-state index in [1.807, 2.05) is 0 Å². The van der Waals surface area contributed by atoms with Crippen molar-refractivity contribution < 1.29 is 9.53 Å². The lowest BCUT2D eigenvalue weighted by molar-refractivity contribution is -0.141. The van der Waals surface area contributed by atoms with Gasteiger partial charge in [-0.25, -0.2) is 0 Å². The summed E-state index contributed by atoms with van der Waals surface area (Å²) < 4.78 is 4.69. The standard InChI is InChI=1S/C12H21NO2/c1-15-12(14)8-11-7-10(11)6-9-2-4-13-5-3-9/h9-11,13H,2-8H2,1H3/t10-,11?/m1/s1. The fourth-order valence-electron chi connectivity index (χ4n) is 2.69. The van der Waals surface area contributed by atoms with Gasteiger partial charge in [0.2, 0.25) is 0 Å². The molecule has 1 saturated heterocycles. The monoisotopic (exact) mass is 211 g/mol. The Kier molecular flexibility index (Phi) is 3.62. The molecule has 15 heavy (non-hydrogen) atoms. The number of hydrogen-bond donors (Lipinski definition) is 1. The number of piperidine rings is 1. The predicted molar refractivity (Wildman–Crippen MR) is 58.4 cm³/mol. The topological polar surface area (TPSA) is 38.3 Å². The van der Waals surface area contributed by atoms with Gasteiger partial charge in [0.15, 0.2) is 0 Å². The molecule has 3 heteroatoms. The van der Waals surface area contributed by atoms with Crippen molar-refractivity contribution in [1.82, 2.24) is 5.32 Å². The van der Waals surface area contributed by atoms with Crippen LogP contribution in [0, 0.1) is 17.8 Å². The maximum atomic E-state index is 11.1. The molecule has 2 aliphatic rings. The number of nitrogens with one attached hydrogen (secondary N) is 1. The lowest BCUT2D eigenvalue weighted by Gasteiger charge is -2.22. The van der Waals surface area contributed by atoms with E-state index in [-0.39, 0.29) is 5.97 Å². The zero-order chi connectivity index (χ0) is 10.7. The Morgan fingerprint density at radius 2 is 2.07 bits per heavy atom. The third-order valence-corrected chi connectivity index (χ3v) is 3.82. The van der Waals surface area contributed by atoms with Crippen LogP contribution in [0.2, 0.25) is 0 Å². The van der Waals surface area contributed by atoms with Crippen molar-refractivity contribution in [2.24, 2.45) is 17.8 Å². The molecule has 0 radical (unpaired) electrons. The van der Waals surface area contributed by atoms with Crippen LogP contribution in [-0.2, 0) is 9.53 Å². The summed E-state index contributed by atoms with van der Waals surface area (Å²) in [6.07, 6.45) is 5.87. The number of esters is 1. The lowest BCUT2D eigenvalue weighted by Crippen LogP contribution is -2.28. The summed E-state index contributed by atoms with van der Waals surface area (Å²) in [7, 11) is 1.48. The van der Waals surface area contributed by atoms with Gasteiger partial charge in [-0.15, -0.1) is 0 Å². The smallest absolute Gasteiger partial charge is 0.305 e. The molecular weight excluding hydrogens is 190 g/mol. The quantitative estimate of drug-likeness (QED) is 0.717. The Balaban J connectivity index is 1.63. The molecule has 0 amide bonds. The molecular formula is C12H21NO2. The minimum atomic E-state index is -0.0344. The van der Waals surface area contributed by atoms with Gasteiger partial charge in [0.1, 0.15) is 0 Å². The first-order valence-electron chi connectivity index (χ1n) is 6.07. The normalized spacial score (nSPS) is 31.3. The van der Waals surface area contributed by atoms with Crippen molar-refractivity contribution in [2.45, 2.75) is 32.1 Å². The molecule has 0 aromatic carbocycles. The van der Waals surface area contributed by atoms with Crippen LogP contribution < -0.4 is 5.32 Å². The largest absolute Gasteiger partial charge is 0.469 e. The lowest BCUT2D eigenvalue weighted by atomic mass is 9.92. The van der Waals surface area contributed by atoms with Crippen LogP contribution in [0.4, 0.5) is 0 Å². The fourth-order valence-corrected chi connectivity index (χ4v) is 2.69. The molecule has 1 heterocycles. The van der Waals surface area contributed by atoms with E-state index in [0.29, 0.717) is 12.3 Å². The van der Waals surface area contributed by atoms with Gasteiger partial charge in [0.05, 0.1) is 7.11 Å². The predicted octanol–water partition coefficient (Wildman–Crippen LogP) is 1.58. The van der Waals surface area contributed by atoms with Gasteiger partial charge in [-0.05, 0) is 56.5 Å². The van der Waals surface area contributed by atoms with E-state index in [1.54, 1.807) is 0 Å². The molecule has 2 atom stereocenters. The molecule has 0 bridgehead atoms. The summed E-state index contributed by atoms with van der Waals surface area (Å²) >= 11 is 0. The molecule has 1 aliphatic carbocycles. The molecule has 1 N–H and O–H groups in total. The second kappa shape index (κ2) is 4.97. The number of methoxy groups -OCH3 is 1. The van der Waals surface area contributed by atoms with Crippen LogP contribution in [-0.4, -0.2) is 26.2 Å². The Bertz CT molecular complexity index is 224. The molecule has 0 aromatic heterocycles. The summed E-state index contributed by atoms with van der Waals surface area (Å²) in [5, 5.41) is 3.39.